The molecule has 188 valence electrons. The van der Waals surface area contributed by atoms with E-state index in [9.17, 15) is 4.79 Å². The highest BCUT2D eigenvalue weighted by molar-refractivity contribution is 6.00. The molecule has 2 aromatic carbocycles. The lowest BCUT2D eigenvalue weighted by molar-refractivity contribution is 0.0973. The second-order valence-corrected chi connectivity index (χ2v) is 9.98. The van der Waals surface area contributed by atoms with Crippen molar-refractivity contribution in [2.75, 3.05) is 45.1 Å². The minimum absolute atomic E-state index is 0.0176. The van der Waals surface area contributed by atoms with Gasteiger partial charge in [-0.15, -0.1) is 0 Å². The molecular weight excluding hydrogens is 449 g/mol. The summed E-state index contributed by atoms with van der Waals surface area (Å²) >= 11 is 0. The first-order valence-electron chi connectivity index (χ1n) is 11.8. The van der Waals surface area contributed by atoms with Crippen LogP contribution in [0.5, 0.6) is 17.2 Å². The highest BCUT2D eigenvalue weighted by Gasteiger charge is 2.28. The van der Waals surface area contributed by atoms with E-state index in [1.54, 1.807) is 23.9 Å². The van der Waals surface area contributed by atoms with E-state index in [1.165, 1.54) is 14.2 Å². The van der Waals surface area contributed by atoms with Crippen LogP contribution in [-0.4, -0.2) is 44.8 Å². The molecule has 0 saturated carbocycles. The molecule has 0 aliphatic carbocycles. The zero-order valence-electron chi connectivity index (χ0n) is 21.3. The Labute approximate surface area is 205 Å². The van der Waals surface area contributed by atoms with Gasteiger partial charge in [0.25, 0.3) is 0 Å². The molecule has 0 amide bonds. The smallest absolute Gasteiger partial charge is 0.197 e. The van der Waals surface area contributed by atoms with Crippen molar-refractivity contribution < 1.29 is 23.4 Å². The predicted molar refractivity (Wildman–Crippen MR) is 137 cm³/mol. The molecule has 35 heavy (non-hydrogen) atoms. The number of hydrogen-bond acceptors (Lipinski definition) is 6. The molecule has 0 unspecified atom stereocenters. The monoisotopic (exact) mass is 483 g/mol. The second-order valence-electron chi connectivity index (χ2n) is 9.98. The number of nitrogens with two attached hydrogens (primary N) is 1. The molecule has 7 nitrogen and oxygen atoms in total. The van der Waals surface area contributed by atoms with Gasteiger partial charge in [-0.1, -0.05) is 20.8 Å². The van der Waals surface area contributed by atoms with Crippen molar-refractivity contribution in [1.29, 1.82) is 0 Å². The molecule has 1 aromatic heterocycles. The van der Waals surface area contributed by atoms with Crippen molar-refractivity contribution in [3.63, 3.8) is 0 Å². The third kappa shape index (κ3) is 4.37. The van der Waals surface area contributed by atoms with Crippen molar-refractivity contribution in [2.45, 2.75) is 45.6 Å². The SMILES string of the molecule is COc1cc2cn(CC(=O)c3cc(N4CCCC4)c(OC)c(C(C)(C)C)c3)c(N)c2c(F)c1OC. The topological polar surface area (TPSA) is 79.0 Å². The number of anilines is 2. The first kappa shape index (κ1) is 24.7. The van der Waals surface area contributed by atoms with Crippen LogP contribution in [0.4, 0.5) is 15.9 Å². The highest BCUT2D eigenvalue weighted by atomic mass is 19.1. The summed E-state index contributed by atoms with van der Waals surface area (Å²) in [4.78, 5) is 15.8. The molecule has 0 radical (unpaired) electrons. The van der Waals surface area contributed by atoms with E-state index in [-0.39, 0.29) is 40.4 Å². The van der Waals surface area contributed by atoms with Crippen molar-refractivity contribution in [1.82, 2.24) is 4.57 Å². The lowest BCUT2D eigenvalue weighted by atomic mass is 9.84. The minimum Gasteiger partial charge on any atom is -0.494 e. The molecule has 2 N–H and O–H groups in total. The lowest BCUT2D eigenvalue weighted by Crippen LogP contribution is -2.23. The molecule has 0 spiro atoms. The number of Topliss-reactive ketones (excluding diaryl/α,β-unsaturated/α-hetero) is 1. The number of rotatable bonds is 7. The maximum atomic E-state index is 15.1. The first-order valence-corrected chi connectivity index (χ1v) is 11.8. The highest BCUT2D eigenvalue weighted by Crippen LogP contribution is 2.42. The summed E-state index contributed by atoms with van der Waals surface area (Å²) in [5.74, 6) is 0.489. The summed E-state index contributed by atoms with van der Waals surface area (Å²) < 4.78 is 33.0. The fourth-order valence-electron chi connectivity index (χ4n) is 4.83. The van der Waals surface area contributed by atoms with Crippen LogP contribution in [0.3, 0.4) is 0 Å². The molecule has 1 saturated heterocycles. The number of nitrogens with zero attached hydrogens (tertiary/aromatic N) is 2. The van der Waals surface area contributed by atoms with Crippen LogP contribution >= 0.6 is 0 Å². The average Bonchev–Trinajstić information content (AvgIpc) is 3.46. The number of methoxy groups -OCH3 is 3. The molecule has 1 fully saturated rings. The molecule has 0 bridgehead atoms. The van der Waals surface area contributed by atoms with Crippen LogP contribution in [0.15, 0.2) is 24.4 Å². The molecule has 1 aliphatic heterocycles. The number of benzene rings is 2. The van der Waals surface area contributed by atoms with Gasteiger partial charge in [0.1, 0.15) is 11.6 Å². The van der Waals surface area contributed by atoms with Crippen molar-refractivity contribution in [3.8, 4) is 17.2 Å². The summed E-state index contributed by atoms with van der Waals surface area (Å²) in [6.07, 6.45) is 3.89. The number of fused-ring (bicyclic) bond motifs is 1. The third-order valence-corrected chi connectivity index (χ3v) is 6.67. The number of ketones is 1. The maximum absolute atomic E-state index is 15.1. The van der Waals surface area contributed by atoms with E-state index in [0.29, 0.717) is 10.9 Å². The van der Waals surface area contributed by atoms with Gasteiger partial charge in [-0.05, 0) is 36.5 Å². The Balaban J connectivity index is 1.78. The maximum Gasteiger partial charge on any atom is 0.197 e. The number of hydrogen-bond donors (Lipinski definition) is 1. The summed E-state index contributed by atoms with van der Waals surface area (Å²) in [5, 5.41) is 0.742. The van der Waals surface area contributed by atoms with Crippen molar-refractivity contribution >= 4 is 28.1 Å². The normalized spacial score (nSPS) is 14.0. The van der Waals surface area contributed by atoms with Gasteiger partial charge in [0, 0.05) is 35.8 Å². The van der Waals surface area contributed by atoms with E-state index in [2.05, 4.69) is 25.7 Å². The van der Waals surface area contributed by atoms with E-state index in [0.717, 1.165) is 42.9 Å². The Kier molecular flexibility index (Phi) is 6.58. The van der Waals surface area contributed by atoms with Crippen LogP contribution in [0.2, 0.25) is 0 Å². The number of nitrogen functional groups attached to an aromatic ring is 1. The fraction of sp³-hybridized carbons (Fsp3) is 0.444. The zero-order valence-corrected chi connectivity index (χ0v) is 21.3. The number of carbonyl (C=O) groups excluding carboxylic acids is 1. The number of carbonyl (C=O) groups is 1. The van der Waals surface area contributed by atoms with Crippen LogP contribution in [-0.2, 0) is 12.0 Å². The van der Waals surface area contributed by atoms with Gasteiger partial charge in [0.15, 0.2) is 23.1 Å². The fourth-order valence-corrected chi connectivity index (χ4v) is 4.83. The Morgan fingerprint density at radius 3 is 2.26 bits per heavy atom. The van der Waals surface area contributed by atoms with E-state index < -0.39 is 5.82 Å². The summed E-state index contributed by atoms with van der Waals surface area (Å²) in [5.41, 5.74) is 8.56. The molecule has 0 atom stereocenters. The third-order valence-electron chi connectivity index (χ3n) is 6.67. The van der Waals surface area contributed by atoms with Gasteiger partial charge in [-0.2, -0.15) is 0 Å². The second kappa shape index (κ2) is 9.32. The Hall–Kier alpha value is -3.42. The van der Waals surface area contributed by atoms with Crippen LogP contribution in [0.1, 0.15) is 49.5 Å². The Morgan fingerprint density at radius 1 is 1.03 bits per heavy atom. The lowest BCUT2D eigenvalue weighted by Gasteiger charge is -2.28. The van der Waals surface area contributed by atoms with Crippen molar-refractivity contribution in [2.24, 2.45) is 0 Å². The summed E-state index contributed by atoms with van der Waals surface area (Å²) in [7, 11) is 4.49. The van der Waals surface area contributed by atoms with Gasteiger partial charge < -0.3 is 29.4 Å². The van der Waals surface area contributed by atoms with Crippen LogP contribution < -0.4 is 24.8 Å². The molecule has 3 aromatic rings. The average molecular weight is 484 g/mol. The van der Waals surface area contributed by atoms with Crippen LogP contribution in [0, 0.1) is 5.82 Å². The first-order chi connectivity index (χ1) is 16.6. The molecule has 2 heterocycles. The predicted octanol–water partition coefficient (Wildman–Crippen LogP) is 5.17. The van der Waals surface area contributed by atoms with Crippen molar-refractivity contribution in [3.05, 3.63) is 41.3 Å². The quantitative estimate of drug-likeness (QED) is 0.467. The number of ether oxygens (including phenoxy) is 3. The van der Waals surface area contributed by atoms with E-state index in [4.69, 9.17) is 19.9 Å². The summed E-state index contributed by atoms with van der Waals surface area (Å²) in [6, 6.07) is 5.48. The van der Waals surface area contributed by atoms with Crippen LogP contribution in [0.25, 0.3) is 10.8 Å². The van der Waals surface area contributed by atoms with E-state index >= 15 is 4.39 Å². The minimum atomic E-state index is -0.610. The molecule has 1 aliphatic rings. The van der Waals surface area contributed by atoms with Gasteiger partial charge in [0.05, 0.1) is 38.9 Å². The molecule has 8 heteroatoms. The van der Waals surface area contributed by atoms with Gasteiger partial charge in [0.2, 0.25) is 0 Å². The van der Waals surface area contributed by atoms with E-state index in [1.807, 2.05) is 12.1 Å². The summed E-state index contributed by atoms with van der Waals surface area (Å²) in [6.45, 7) is 8.14. The molecule has 4 rings (SSSR count). The zero-order chi connectivity index (χ0) is 25.5. The largest absolute Gasteiger partial charge is 0.494 e. The molecular formula is C27H34FN3O4. The number of halogens is 1. The van der Waals surface area contributed by atoms with Gasteiger partial charge in [-0.25, -0.2) is 4.39 Å². The van der Waals surface area contributed by atoms with Gasteiger partial charge in [-0.3, -0.25) is 4.79 Å². The number of aromatic nitrogens is 1. The van der Waals surface area contributed by atoms with Gasteiger partial charge >= 0.3 is 0 Å². The Morgan fingerprint density at radius 2 is 1.69 bits per heavy atom. The Bertz CT molecular complexity index is 1270. The standard InChI is InChI=1S/C27H34FN3O4/c1-27(2,3)18-11-16(12-19(24(18)34-5)30-9-7-8-10-30)20(32)15-31-14-17-13-21(33-4)25(35-6)23(28)22(17)26(31)29/h11-14H,7-10,15,29H2,1-6H3.